The van der Waals surface area contributed by atoms with Gasteiger partial charge in [0.1, 0.15) is 0 Å². The Bertz CT molecular complexity index is 3710. The van der Waals surface area contributed by atoms with Gasteiger partial charge in [-0.15, -0.1) is 0 Å². The van der Waals surface area contributed by atoms with E-state index in [9.17, 15) is 40.0 Å². The molecular formula is C86H88N4O8. The van der Waals surface area contributed by atoms with Crippen LogP contribution in [0.1, 0.15) is 154 Å². The van der Waals surface area contributed by atoms with E-state index < -0.39 is 70.5 Å². The van der Waals surface area contributed by atoms with Gasteiger partial charge in [-0.25, -0.2) is 20.3 Å². The summed E-state index contributed by atoms with van der Waals surface area (Å²) in [5.41, 5.74) is 10.9. The van der Waals surface area contributed by atoms with E-state index in [1.54, 1.807) is 0 Å². The van der Waals surface area contributed by atoms with Gasteiger partial charge in [0.25, 0.3) is 11.8 Å². The van der Waals surface area contributed by atoms with E-state index in [4.69, 9.17) is 0 Å². The summed E-state index contributed by atoms with van der Waals surface area (Å²) in [4.78, 5) is 57.7. The number of hydrogen-bond donors (Lipinski definition) is 4. The molecule has 2 aliphatic carbocycles. The molecule has 0 spiro atoms. The van der Waals surface area contributed by atoms with Crippen molar-refractivity contribution >= 4 is 23.6 Å². The Morgan fingerprint density at radius 3 is 0.714 bits per heavy atom. The minimum Gasteiger partial charge on any atom is -0.286 e. The Balaban J connectivity index is 0.000000203. The van der Waals surface area contributed by atoms with E-state index in [0.29, 0.717) is 25.7 Å². The Labute approximate surface area is 576 Å². The fourth-order valence-corrected chi connectivity index (χ4v) is 15.2. The average Bonchev–Trinajstić information content (AvgIpc) is 0.753. The average molecular weight is 1310 g/mol. The van der Waals surface area contributed by atoms with Crippen LogP contribution in [0.5, 0.6) is 0 Å². The van der Waals surface area contributed by atoms with Crippen LogP contribution in [-0.4, -0.2) is 88.9 Å². The monoisotopic (exact) mass is 1300 g/mol. The molecule has 2 fully saturated rings. The summed E-state index contributed by atoms with van der Waals surface area (Å²) in [6.07, 6.45) is 4.70. The maximum absolute atomic E-state index is 14.6. The Morgan fingerprint density at radius 2 is 0.510 bits per heavy atom. The van der Waals surface area contributed by atoms with E-state index >= 15 is 0 Å². The highest BCUT2D eigenvalue weighted by molar-refractivity contribution is 5.88. The van der Waals surface area contributed by atoms with E-state index in [2.05, 4.69) is 0 Å². The first-order chi connectivity index (χ1) is 47.6. The van der Waals surface area contributed by atoms with Crippen LogP contribution < -0.4 is 0 Å². The van der Waals surface area contributed by atoms with Gasteiger partial charge in [-0.05, 0) is 109 Å². The Morgan fingerprint density at radius 1 is 0.306 bits per heavy atom. The van der Waals surface area contributed by atoms with Gasteiger partial charge in [0, 0.05) is 12.8 Å². The molecule has 4 N–H and O–H groups in total. The fourth-order valence-electron chi connectivity index (χ4n) is 15.2. The molecule has 0 heterocycles. The fraction of sp³-hybridized carbons (Fsp3) is 0.256. The molecule has 10 aromatic rings. The molecule has 4 amide bonds. The second-order valence-electron chi connectivity index (χ2n) is 26.6. The quantitative estimate of drug-likeness (QED) is 0.0333. The second kappa shape index (κ2) is 31.9. The standard InChI is InChI=1S/C48H46N2O4.C38H42N2O4/c51-45(35-47(37-21-7-1-8-22-37,38-23-9-2-10-24-38)39-25-11-3-12-26-39)49(53)43-33-19-20-34-44(43)50(54)46(52)36-48(40-27-13-4-14-28-40,41-29-15-5-16-30-41)42-31-17-6-18-32-42;1-25-11-7-15-29(21-25)35(30-16-8-12-26(2)22-30)37(41)39(43)33-19-5-6-20-34(33)40(44)38(42)36(31-17-9-13-27(3)23-31)32-18-10-14-28(4)24-32/h1-18,21-32,43-44,53-54H,19-20,33-36H2;7-18,21-24,33-36,43-44H,5-6,19-20H2,1-4H3/t43-,44?;33-,34?/m11/s1. The van der Waals surface area contributed by atoms with Gasteiger partial charge in [-0.3, -0.25) is 40.0 Å². The second-order valence-corrected chi connectivity index (χ2v) is 26.6. The lowest BCUT2D eigenvalue weighted by molar-refractivity contribution is -0.214. The molecule has 0 radical (unpaired) electrons. The van der Waals surface area contributed by atoms with Crippen LogP contribution in [0, 0.1) is 27.7 Å². The summed E-state index contributed by atoms with van der Waals surface area (Å²) in [5, 5.41) is 50.4. The lowest BCUT2D eigenvalue weighted by atomic mass is 9.67. The number of carbonyl (C=O) groups is 4. The van der Waals surface area contributed by atoms with Crippen LogP contribution in [0.15, 0.2) is 279 Å². The summed E-state index contributed by atoms with van der Waals surface area (Å²) in [6.45, 7) is 7.90. The molecule has 12 nitrogen and oxygen atoms in total. The van der Waals surface area contributed by atoms with Crippen LogP contribution in [0.2, 0.25) is 0 Å². The maximum Gasteiger partial charge on any atom is 0.258 e. The van der Waals surface area contributed by atoms with E-state index in [1.807, 2.05) is 307 Å². The van der Waals surface area contributed by atoms with Crippen molar-refractivity contribution in [3.8, 4) is 0 Å². The molecule has 2 saturated carbocycles. The molecule has 2 aliphatic rings. The molecule has 500 valence electrons. The molecule has 0 aromatic heterocycles. The van der Waals surface area contributed by atoms with Crippen molar-refractivity contribution in [3.63, 3.8) is 0 Å². The van der Waals surface area contributed by atoms with Crippen molar-refractivity contribution in [2.75, 3.05) is 0 Å². The van der Waals surface area contributed by atoms with Crippen molar-refractivity contribution < 1.29 is 40.0 Å². The largest absolute Gasteiger partial charge is 0.286 e. The van der Waals surface area contributed by atoms with Crippen molar-refractivity contribution in [2.24, 2.45) is 0 Å². The first-order valence-corrected chi connectivity index (χ1v) is 34.2. The van der Waals surface area contributed by atoms with Gasteiger partial charge in [0.05, 0.1) is 46.8 Å². The highest BCUT2D eigenvalue weighted by Gasteiger charge is 2.47. The van der Waals surface area contributed by atoms with Gasteiger partial charge in [-0.1, -0.05) is 327 Å². The molecule has 12 rings (SSSR count). The zero-order valence-electron chi connectivity index (χ0n) is 56.3. The molecule has 0 aliphatic heterocycles. The topological polar surface area (TPSA) is 162 Å². The molecule has 4 atom stereocenters. The van der Waals surface area contributed by atoms with Gasteiger partial charge in [0.15, 0.2) is 0 Å². The highest BCUT2D eigenvalue weighted by atomic mass is 16.5. The van der Waals surface area contributed by atoms with E-state index in [1.165, 1.54) is 0 Å². The normalized spacial score (nSPS) is 16.3. The van der Waals surface area contributed by atoms with Crippen molar-refractivity contribution in [2.45, 2.75) is 139 Å². The van der Waals surface area contributed by atoms with Crippen LogP contribution in [0.3, 0.4) is 0 Å². The summed E-state index contributed by atoms with van der Waals surface area (Å²) in [5.74, 6) is -3.41. The van der Waals surface area contributed by atoms with Crippen molar-refractivity contribution in [1.29, 1.82) is 0 Å². The number of amides is 4. The lowest BCUT2D eigenvalue weighted by Crippen LogP contribution is -2.56. The van der Waals surface area contributed by atoms with Crippen LogP contribution in [-0.2, 0) is 30.0 Å². The number of rotatable bonds is 20. The molecule has 12 heteroatoms. The Kier molecular flexibility index (Phi) is 22.5. The number of nitrogens with zero attached hydrogens (tertiary/aromatic N) is 4. The minimum absolute atomic E-state index is 0.0662. The van der Waals surface area contributed by atoms with E-state index in [-0.39, 0.29) is 12.8 Å². The third-order valence-corrected chi connectivity index (χ3v) is 20.0. The predicted molar refractivity (Wildman–Crippen MR) is 383 cm³/mol. The van der Waals surface area contributed by atoms with Gasteiger partial charge < -0.3 is 0 Å². The summed E-state index contributed by atoms with van der Waals surface area (Å²) < 4.78 is 0. The zero-order chi connectivity index (χ0) is 68.8. The molecule has 10 aromatic carbocycles. The molecule has 0 bridgehead atoms. The van der Waals surface area contributed by atoms with Gasteiger partial charge >= 0.3 is 0 Å². The molecular weight excluding hydrogens is 1220 g/mol. The molecule has 0 saturated heterocycles. The summed E-state index contributed by atoms with van der Waals surface area (Å²) >= 11 is 0. The van der Waals surface area contributed by atoms with Crippen molar-refractivity contribution in [3.05, 3.63) is 357 Å². The molecule has 2 unspecified atom stereocenters. The number of aryl methyl sites for hydroxylation is 4. The Hall–Kier alpha value is -10.1. The zero-order valence-corrected chi connectivity index (χ0v) is 56.3. The third-order valence-electron chi connectivity index (χ3n) is 20.0. The van der Waals surface area contributed by atoms with Crippen LogP contribution in [0.4, 0.5) is 0 Å². The number of hydrogen-bond acceptors (Lipinski definition) is 8. The maximum atomic E-state index is 14.6. The van der Waals surface area contributed by atoms with Gasteiger partial charge in [0.2, 0.25) is 11.8 Å². The SMILES string of the molecule is Cc1cccc(C(C(=O)N(O)C2CCCC[C@H]2N(O)C(=O)C(c2cccc(C)c2)c2cccc(C)c2)c2cccc(C)c2)c1.O=C(CC(c1ccccc1)(c1ccccc1)c1ccccc1)N(O)C1CCCC[C@H]1N(O)C(=O)CC(c1ccccc1)(c1ccccc1)c1ccccc1. The number of benzene rings is 10. The summed E-state index contributed by atoms with van der Waals surface area (Å²) in [7, 11) is 0. The van der Waals surface area contributed by atoms with Gasteiger partial charge in [-0.2, -0.15) is 0 Å². The van der Waals surface area contributed by atoms with Crippen LogP contribution >= 0.6 is 0 Å². The van der Waals surface area contributed by atoms with E-state index in [0.717, 1.165) is 124 Å². The van der Waals surface area contributed by atoms with Crippen LogP contribution in [0.25, 0.3) is 0 Å². The number of carbonyl (C=O) groups excluding carboxylic acids is 4. The minimum atomic E-state index is -0.915. The summed E-state index contributed by atoms with van der Waals surface area (Å²) in [6, 6.07) is 87.4. The first kappa shape index (κ1) is 69.3. The predicted octanol–water partition coefficient (Wildman–Crippen LogP) is 17.2. The molecule has 98 heavy (non-hydrogen) atoms. The highest BCUT2D eigenvalue weighted by Crippen LogP contribution is 2.46. The lowest BCUT2D eigenvalue weighted by Gasteiger charge is -2.43. The first-order valence-electron chi connectivity index (χ1n) is 34.2. The number of hydroxylamine groups is 8. The smallest absolute Gasteiger partial charge is 0.258 e. The third kappa shape index (κ3) is 15.2. The van der Waals surface area contributed by atoms with Crippen molar-refractivity contribution in [1.82, 2.24) is 20.3 Å².